The third-order valence-corrected chi connectivity index (χ3v) is 17.8. The van der Waals surface area contributed by atoms with Gasteiger partial charge in [0.05, 0.1) is 10.8 Å². The molecule has 0 unspecified atom stereocenters. The predicted octanol–water partition coefficient (Wildman–Crippen LogP) is 15.1. The van der Waals surface area contributed by atoms with E-state index in [1.807, 2.05) is 0 Å². The summed E-state index contributed by atoms with van der Waals surface area (Å²) in [7, 11) is 0. The van der Waals surface area contributed by atoms with Crippen molar-refractivity contribution in [2.24, 2.45) is 0 Å². The number of nitrogens with zero attached hydrogens (tertiary/aromatic N) is 2. The summed E-state index contributed by atoms with van der Waals surface area (Å²) in [6, 6.07) is 90.9. The second-order valence-corrected chi connectivity index (χ2v) is 21.2. The molecule has 11 aromatic rings. The Morgan fingerprint density at radius 3 is 0.932 bits per heavy atom. The Labute approximate surface area is 426 Å². The van der Waals surface area contributed by atoms with E-state index in [1.165, 1.54) is 151 Å². The largest absolute Gasteiger partial charge is 0.311 e. The molecule has 3 heteroatoms. The molecule has 338 valence electrons. The van der Waals surface area contributed by atoms with Crippen LogP contribution in [0.3, 0.4) is 0 Å². The van der Waals surface area contributed by atoms with E-state index < -0.39 is 10.8 Å². The van der Waals surface area contributed by atoms with Crippen LogP contribution in [0, 0.1) is 13.8 Å². The van der Waals surface area contributed by atoms with E-state index in [2.05, 4.69) is 260 Å². The molecule has 6 aliphatic rings. The minimum Gasteiger partial charge on any atom is -0.311 e. The Balaban J connectivity index is 0.911. The lowest BCUT2D eigenvalue weighted by molar-refractivity contribution is 0.793. The zero-order valence-corrected chi connectivity index (χ0v) is 40.5. The standard InChI is InChI=1S/C70H45BN2/c1-42-30-36-64-62(38-42)71-63-39-43(2)31-37-65(63)73(45-33-35-53-51-21-8-14-27-59(51)70(61(53)41-45)56-24-11-5-18-48(56)49-19-6-12-25-57(49)70)67-29-15-28-66(68(67)71)72(64)44-32-34-52-50-20-7-13-26-58(50)69(60(52)40-44)54-22-9-3-16-46(54)47-17-4-10-23-55(47)69/h3-41H,1-2H3. The molecule has 2 nitrogen and oxygen atoms in total. The van der Waals surface area contributed by atoms with E-state index in [0.29, 0.717) is 0 Å². The molecule has 0 bridgehead atoms. The van der Waals surface area contributed by atoms with Crippen molar-refractivity contribution in [2.75, 3.05) is 9.80 Å². The monoisotopic (exact) mass is 924 g/mol. The number of benzene rings is 11. The van der Waals surface area contributed by atoms with Gasteiger partial charge in [0, 0.05) is 34.1 Å². The van der Waals surface area contributed by atoms with Crippen LogP contribution in [0.5, 0.6) is 0 Å². The maximum Gasteiger partial charge on any atom is 0.252 e. The SMILES string of the molecule is Cc1ccc2c(c1)B1c3cc(C)ccc3N(c3ccc4c(c3)C3(c5ccccc5-c5ccccc53)c3ccccc3-4)c3cccc(c31)N2c1ccc2c(c1)C1(c3ccccc3-c3ccccc31)c1ccccc1-2. The number of aryl methyl sites for hydroxylation is 2. The van der Waals surface area contributed by atoms with E-state index in [1.54, 1.807) is 0 Å². The molecule has 4 aliphatic carbocycles. The van der Waals surface area contributed by atoms with Gasteiger partial charge >= 0.3 is 0 Å². The molecule has 2 heterocycles. The molecular weight excluding hydrogens is 880 g/mol. The Morgan fingerprint density at radius 1 is 0.274 bits per heavy atom. The van der Waals surface area contributed by atoms with Crippen molar-refractivity contribution in [3.05, 3.63) is 292 Å². The quantitative estimate of drug-likeness (QED) is 0.159. The summed E-state index contributed by atoms with van der Waals surface area (Å²) in [5.74, 6) is 0. The van der Waals surface area contributed by atoms with Gasteiger partial charge < -0.3 is 9.80 Å². The van der Waals surface area contributed by atoms with Crippen molar-refractivity contribution in [3.8, 4) is 44.5 Å². The molecule has 73 heavy (non-hydrogen) atoms. The van der Waals surface area contributed by atoms with Crippen LogP contribution in [0.2, 0.25) is 0 Å². The first kappa shape index (κ1) is 39.8. The van der Waals surface area contributed by atoms with Gasteiger partial charge in [0.1, 0.15) is 0 Å². The van der Waals surface area contributed by atoms with E-state index in [-0.39, 0.29) is 6.71 Å². The molecule has 11 aromatic carbocycles. The topological polar surface area (TPSA) is 6.48 Å². The van der Waals surface area contributed by atoms with Crippen molar-refractivity contribution >= 4 is 57.2 Å². The fourth-order valence-corrected chi connectivity index (χ4v) is 15.2. The molecule has 0 radical (unpaired) electrons. The van der Waals surface area contributed by atoms with E-state index in [4.69, 9.17) is 0 Å². The number of rotatable bonds is 2. The molecule has 2 aliphatic heterocycles. The van der Waals surface area contributed by atoms with Crippen LogP contribution >= 0.6 is 0 Å². The average molecular weight is 925 g/mol. The van der Waals surface area contributed by atoms with Crippen molar-refractivity contribution in [1.82, 2.24) is 0 Å². The van der Waals surface area contributed by atoms with Crippen LogP contribution in [0.25, 0.3) is 44.5 Å². The minimum absolute atomic E-state index is 0.0284. The van der Waals surface area contributed by atoms with Gasteiger partial charge in [-0.05, 0) is 168 Å². The number of hydrogen-bond acceptors (Lipinski definition) is 2. The van der Waals surface area contributed by atoms with Gasteiger partial charge in [0.15, 0.2) is 0 Å². The third kappa shape index (κ3) is 4.73. The second-order valence-electron chi connectivity index (χ2n) is 21.2. The fourth-order valence-electron chi connectivity index (χ4n) is 15.2. The maximum atomic E-state index is 2.59. The van der Waals surface area contributed by atoms with Gasteiger partial charge in [0.25, 0.3) is 6.71 Å². The molecule has 0 aromatic heterocycles. The fraction of sp³-hybridized carbons (Fsp3) is 0.0571. The van der Waals surface area contributed by atoms with Crippen molar-refractivity contribution in [1.29, 1.82) is 0 Å². The molecular formula is C70H45BN2. The summed E-state index contributed by atoms with van der Waals surface area (Å²) in [5.41, 5.74) is 34.2. The predicted molar refractivity (Wildman–Crippen MR) is 303 cm³/mol. The van der Waals surface area contributed by atoms with E-state index in [0.717, 1.165) is 0 Å². The summed E-state index contributed by atoms with van der Waals surface area (Å²) in [4.78, 5) is 5.18. The summed E-state index contributed by atoms with van der Waals surface area (Å²) >= 11 is 0. The van der Waals surface area contributed by atoms with Crippen molar-refractivity contribution < 1.29 is 0 Å². The molecule has 0 saturated carbocycles. The summed E-state index contributed by atoms with van der Waals surface area (Å²) in [5, 5.41) is 0. The average Bonchev–Trinajstić information content (AvgIpc) is 4.13. The zero-order valence-electron chi connectivity index (χ0n) is 40.5. The van der Waals surface area contributed by atoms with Crippen LogP contribution < -0.4 is 26.2 Å². The highest BCUT2D eigenvalue weighted by atomic mass is 15.2. The Kier molecular flexibility index (Phi) is 7.59. The number of fused-ring (bicyclic) bond motifs is 24. The molecule has 0 N–H and O–H groups in total. The second kappa shape index (κ2) is 13.9. The lowest BCUT2D eigenvalue weighted by Crippen LogP contribution is -2.61. The van der Waals surface area contributed by atoms with Gasteiger partial charge in [-0.25, -0.2) is 0 Å². The molecule has 0 atom stereocenters. The molecule has 0 amide bonds. The van der Waals surface area contributed by atoms with Crippen LogP contribution in [0.1, 0.15) is 55.6 Å². The number of anilines is 6. The van der Waals surface area contributed by atoms with Crippen molar-refractivity contribution in [3.63, 3.8) is 0 Å². The first-order valence-electron chi connectivity index (χ1n) is 25.9. The Morgan fingerprint density at radius 2 is 0.589 bits per heavy atom. The van der Waals surface area contributed by atoms with E-state index >= 15 is 0 Å². The highest BCUT2D eigenvalue weighted by Crippen LogP contribution is 2.65. The molecule has 0 fully saturated rings. The van der Waals surface area contributed by atoms with E-state index in [9.17, 15) is 0 Å². The molecule has 17 rings (SSSR count). The highest BCUT2D eigenvalue weighted by Gasteiger charge is 2.54. The molecule has 2 spiro atoms. The molecule has 0 saturated heterocycles. The first-order valence-corrected chi connectivity index (χ1v) is 25.9. The minimum atomic E-state index is -0.447. The van der Waals surface area contributed by atoms with Crippen LogP contribution in [-0.2, 0) is 10.8 Å². The Hall–Kier alpha value is -8.92. The zero-order chi connectivity index (χ0) is 47.9. The van der Waals surface area contributed by atoms with Gasteiger partial charge in [-0.1, -0.05) is 199 Å². The lowest BCUT2D eigenvalue weighted by Gasteiger charge is -2.44. The van der Waals surface area contributed by atoms with Crippen LogP contribution in [-0.4, -0.2) is 6.71 Å². The van der Waals surface area contributed by atoms with Gasteiger partial charge in [-0.2, -0.15) is 0 Å². The first-order chi connectivity index (χ1) is 36.0. The van der Waals surface area contributed by atoms with Gasteiger partial charge in [-0.15, -0.1) is 0 Å². The summed E-state index contributed by atoms with van der Waals surface area (Å²) in [6.07, 6.45) is 0. The summed E-state index contributed by atoms with van der Waals surface area (Å²) in [6.45, 7) is 4.53. The van der Waals surface area contributed by atoms with Gasteiger partial charge in [0.2, 0.25) is 0 Å². The Bertz CT molecular complexity index is 3900. The normalized spacial score (nSPS) is 15.1. The smallest absolute Gasteiger partial charge is 0.252 e. The maximum absolute atomic E-state index is 2.59. The number of hydrogen-bond donors (Lipinski definition) is 0. The highest BCUT2D eigenvalue weighted by molar-refractivity contribution is 7.00. The lowest BCUT2D eigenvalue weighted by atomic mass is 9.33. The third-order valence-electron chi connectivity index (χ3n) is 17.8. The summed E-state index contributed by atoms with van der Waals surface area (Å²) < 4.78 is 0. The van der Waals surface area contributed by atoms with Crippen LogP contribution in [0.15, 0.2) is 237 Å². The van der Waals surface area contributed by atoms with Gasteiger partial charge in [-0.3, -0.25) is 0 Å². The van der Waals surface area contributed by atoms with Crippen molar-refractivity contribution in [2.45, 2.75) is 24.7 Å². The van der Waals surface area contributed by atoms with Crippen LogP contribution in [0.4, 0.5) is 34.1 Å².